The van der Waals surface area contributed by atoms with E-state index in [-0.39, 0.29) is 5.97 Å². The zero-order valence-electron chi connectivity index (χ0n) is 12.1. The van der Waals surface area contributed by atoms with E-state index in [2.05, 4.69) is 44.3 Å². The van der Waals surface area contributed by atoms with Crippen LogP contribution in [0.4, 0.5) is 0 Å². The molecule has 2 heteroatoms. The van der Waals surface area contributed by atoms with Gasteiger partial charge in [-0.3, -0.25) is 0 Å². The lowest BCUT2D eigenvalue weighted by atomic mass is 10.1. The summed E-state index contributed by atoms with van der Waals surface area (Å²) in [4.78, 5) is 11.6. The first kappa shape index (κ1) is 16.0. The molecule has 0 bridgehead atoms. The molecule has 0 N–H and O–H groups in total. The third-order valence-corrected chi connectivity index (χ3v) is 2.89. The highest BCUT2D eigenvalue weighted by atomic mass is 16.5. The summed E-state index contributed by atoms with van der Waals surface area (Å²) in [5.41, 5.74) is 2.99. The van der Waals surface area contributed by atoms with Crippen molar-refractivity contribution in [1.82, 2.24) is 0 Å². The standard InChI is InChI=1S/C18H22O2/c1-4-5-6-8-16(3)18(19)20-14-7-9-17-12-10-15(2)11-13-17/h4-6,10-13H,1,3,7-9,14H2,2H3. The van der Waals surface area contributed by atoms with Crippen molar-refractivity contribution in [2.24, 2.45) is 0 Å². The Morgan fingerprint density at radius 3 is 2.65 bits per heavy atom. The highest BCUT2D eigenvalue weighted by Crippen LogP contribution is 2.07. The van der Waals surface area contributed by atoms with Crippen LogP contribution in [0.15, 0.2) is 61.2 Å². The van der Waals surface area contributed by atoms with Gasteiger partial charge in [-0.2, -0.15) is 0 Å². The van der Waals surface area contributed by atoms with Gasteiger partial charge in [0.25, 0.3) is 0 Å². The summed E-state index contributed by atoms with van der Waals surface area (Å²) in [6, 6.07) is 8.40. The normalized spacial score (nSPS) is 10.4. The maximum atomic E-state index is 11.6. The summed E-state index contributed by atoms with van der Waals surface area (Å²) >= 11 is 0. The number of allylic oxidation sites excluding steroid dienone is 3. The first-order valence-corrected chi connectivity index (χ1v) is 6.81. The van der Waals surface area contributed by atoms with E-state index >= 15 is 0 Å². The van der Waals surface area contributed by atoms with Crippen molar-refractivity contribution in [2.75, 3.05) is 6.61 Å². The van der Waals surface area contributed by atoms with Gasteiger partial charge < -0.3 is 4.74 Å². The summed E-state index contributed by atoms with van der Waals surface area (Å²) in [5, 5.41) is 0. The summed E-state index contributed by atoms with van der Waals surface area (Å²) < 4.78 is 5.18. The van der Waals surface area contributed by atoms with E-state index in [4.69, 9.17) is 4.74 Å². The van der Waals surface area contributed by atoms with Crippen molar-refractivity contribution < 1.29 is 9.53 Å². The molecule has 0 atom stereocenters. The molecule has 0 saturated heterocycles. The SMILES string of the molecule is C=CC=CCC(=C)C(=O)OCCCc1ccc(C)cc1. The lowest BCUT2D eigenvalue weighted by Gasteiger charge is -2.06. The topological polar surface area (TPSA) is 26.3 Å². The monoisotopic (exact) mass is 270 g/mol. The molecule has 0 spiro atoms. The van der Waals surface area contributed by atoms with Gasteiger partial charge >= 0.3 is 5.97 Å². The molecule has 0 amide bonds. The molecule has 20 heavy (non-hydrogen) atoms. The minimum atomic E-state index is -0.317. The van der Waals surface area contributed by atoms with Gasteiger partial charge in [-0.15, -0.1) is 0 Å². The molecule has 1 rings (SSSR count). The predicted molar refractivity (Wildman–Crippen MR) is 83.6 cm³/mol. The van der Waals surface area contributed by atoms with Crippen molar-refractivity contribution in [3.05, 3.63) is 72.4 Å². The molecular weight excluding hydrogens is 248 g/mol. The average Bonchev–Trinajstić information content (AvgIpc) is 2.45. The van der Waals surface area contributed by atoms with E-state index in [9.17, 15) is 4.79 Å². The Hall–Kier alpha value is -2.09. The minimum Gasteiger partial charge on any atom is -0.462 e. The highest BCUT2D eigenvalue weighted by Gasteiger charge is 2.06. The van der Waals surface area contributed by atoms with Crippen LogP contribution in [-0.4, -0.2) is 12.6 Å². The maximum absolute atomic E-state index is 11.6. The smallest absolute Gasteiger partial charge is 0.333 e. The number of benzene rings is 1. The van der Waals surface area contributed by atoms with E-state index in [0.717, 1.165) is 12.8 Å². The molecular formula is C18H22O2. The second-order valence-corrected chi connectivity index (χ2v) is 4.70. The lowest BCUT2D eigenvalue weighted by molar-refractivity contribution is -0.139. The Balaban J connectivity index is 2.21. The number of hydrogen-bond donors (Lipinski definition) is 0. The Morgan fingerprint density at radius 1 is 1.30 bits per heavy atom. The molecule has 0 aromatic heterocycles. The average molecular weight is 270 g/mol. The van der Waals surface area contributed by atoms with Gasteiger partial charge in [-0.05, 0) is 31.7 Å². The maximum Gasteiger partial charge on any atom is 0.333 e. The fraction of sp³-hybridized carbons (Fsp3) is 0.278. The minimum absolute atomic E-state index is 0.317. The molecule has 2 nitrogen and oxygen atoms in total. The van der Waals surface area contributed by atoms with E-state index < -0.39 is 0 Å². The van der Waals surface area contributed by atoms with Crippen LogP contribution in [0.5, 0.6) is 0 Å². The largest absolute Gasteiger partial charge is 0.462 e. The van der Waals surface area contributed by atoms with Crippen molar-refractivity contribution in [1.29, 1.82) is 0 Å². The number of rotatable bonds is 8. The fourth-order valence-electron chi connectivity index (χ4n) is 1.69. The van der Waals surface area contributed by atoms with Crippen LogP contribution in [0.25, 0.3) is 0 Å². The molecule has 0 aliphatic carbocycles. The number of aryl methyl sites for hydroxylation is 2. The number of hydrogen-bond acceptors (Lipinski definition) is 2. The first-order valence-electron chi connectivity index (χ1n) is 6.81. The van der Waals surface area contributed by atoms with Crippen LogP contribution in [0, 0.1) is 6.92 Å². The third kappa shape index (κ3) is 6.19. The van der Waals surface area contributed by atoms with Crippen LogP contribution in [0.1, 0.15) is 24.0 Å². The zero-order valence-corrected chi connectivity index (χ0v) is 12.1. The van der Waals surface area contributed by atoms with Gasteiger partial charge in [-0.25, -0.2) is 4.79 Å². The Morgan fingerprint density at radius 2 is 2.00 bits per heavy atom. The van der Waals surface area contributed by atoms with E-state index in [0.29, 0.717) is 18.6 Å². The quantitative estimate of drug-likeness (QED) is 0.307. The molecule has 0 aliphatic rings. The van der Waals surface area contributed by atoms with Gasteiger partial charge in [0, 0.05) is 5.57 Å². The molecule has 0 fully saturated rings. The van der Waals surface area contributed by atoms with Crippen LogP contribution in [0.3, 0.4) is 0 Å². The molecule has 0 radical (unpaired) electrons. The number of esters is 1. The van der Waals surface area contributed by atoms with Gasteiger partial charge in [0.15, 0.2) is 0 Å². The van der Waals surface area contributed by atoms with Gasteiger partial charge in [0.1, 0.15) is 0 Å². The van der Waals surface area contributed by atoms with Crippen LogP contribution in [0.2, 0.25) is 0 Å². The van der Waals surface area contributed by atoms with Crippen LogP contribution < -0.4 is 0 Å². The summed E-state index contributed by atoms with van der Waals surface area (Å²) in [7, 11) is 0. The highest BCUT2D eigenvalue weighted by molar-refractivity contribution is 5.87. The second kappa shape index (κ2) is 8.92. The Kier molecular flexibility index (Phi) is 7.12. The molecule has 1 aromatic rings. The van der Waals surface area contributed by atoms with Gasteiger partial charge in [0.2, 0.25) is 0 Å². The number of ether oxygens (including phenoxy) is 1. The zero-order chi connectivity index (χ0) is 14.8. The second-order valence-electron chi connectivity index (χ2n) is 4.70. The molecule has 0 heterocycles. The van der Waals surface area contributed by atoms with Crippen molar-refractivity contribution in [3.63, 3.8) is 0 Å². The fourth-order valence-corrected chi connectivity index (χ4v) is 1.69. The van der Waals surface area contributed by atoms with E-state index in [1.54, 1.807) is 12.2 Å². The molecule has 0 aliphatic heterocycles. The molecule has 0 unspecified atom stereocenters. The van der Waals surface area contributed by atoms with Crippen molar-refractivity contribution in [2.45, 2.75) is 26.2 Å². The Labute approximate surface area is 121 Å². The van der Waals surface area contributed by atoms with E-state index in [1.165, 1.54) is 11.1 Å². The summed E-state index contributed by atoms with van der Waals surface area (Å²) in [6.07, 6.45) is 7.53. The number of carbonyl (C=O) groups is 1. The third-order valence-electron chi connectivity index (χ3n) is 2.89. The molecule has 1 aromatic carbocycles. The first-order chi connectivity index (χ1) is 9.63. The van der Waals surface area contributed by atoms with E-state index in [1.807, 2.05) is 6.08 Å². The van der Waals surface area contributed by atoms with Crippen molar-refractivity contribution in [3.8, 4) is 0 Å². The predicted octanol–water partition coefficient (Wildman–Crippen LogP) is 4.16. The lowest BCUT2D eigenvalue weighted by Crippen LogP contribution is -2.08. The molecule has 106 valence electrons. The molecule has 0 saturated carbocycles. The van der Waals surface area contributed by atoms with Gasteiger partial charge in [-0.1, -0.05) is 61.2 Å². The summed E-state index contributed by atoms with van der Waals surface area (Å²) in [6.45, 7) is 9.77. The van der Waals surface area contributed by atoms with Crippen molar-refractivity contribution >= 4 is 5.97 Å². The Bertz CT molecular complexity index is 481. The van der Waals surface area contributed by atoms with Crippen LogP contribution in [-0.2, 0) is 16.0 Å². The number of carbonyl (C=O) groups excluding carboxylic acids is 1. The van der Waals surface area contributed by atoms with Crippen LogP contribution >= 0.6 is 0 Å². The van der Waals surface area contributed by atoms with Gasteiger partial charge in [0.05, 0.1) is 6.61 Å². The summed E-state index contributed by atoms with van der Waals surface area (Å²) in [5.74, 6) is -0.317.